The van der Waals surface area contributed by atoms with Crippen LogP contribution in [0.3, 0.4) is 0 Å². The van der Waals surface area contributed by atoms with Gasteiger partial charge in [-0.25, -0.2) is 0 Å². The van der Waals surface area contributed by atoms with Crippen LogP contribution in [0.15, 0.2) is 57.9 Å². The molecule has 0 radical (unpaired) electrons. The van der Waals surface area contributed by atoms with E-state index in [0.29, 0.717) is 0 Å². The van der Waals surface area contributed by atoms with E-state index in [2.05, 4.69) is 27.3 Å². The average Bonchev–Trinajstić information content (AvgIpc) is 2.85. The molecule has 3 rings (SSSR count). The minimum atomic E-state index is -0.0618. The second-order valence-corrected chi connectivity index (χ2v) is 6.29. The van der Waals surface area contributed by atoms with Crippen molar-refractivity contribution < 1.29 is 4.79 Å². The van der Waals surface area contributed by atoms with Gasteiger partial charge in [-0.05, 0) is 39.7 Å². The number of benzene rings is 2. The van der Waals surface area contributed by atoms with E-state index in [1.807, 2.05) is 42.5 Å². The normalized spacial score (nSPS) is 17.0. The van der Waals surface area contributed by atoms with Gasteiger partial charge < -0.3 is 5.32 Å². The number of nitrogens with one attached hydrogen (secondary N) is 1. The van der Waals surface area contributed by atoms with E-state index in [1.54, 1.807) is 11.8 Å². The molecule has 1 N–H and O–H groups in total. The fourth-order valence-corrected chi connectivity index (χ4v) is 3.77. The fraction of sp³-hybridized carbons (Fsp3) is 0.133. The molecule has 0 aromatic heterocycles. The first kappa shape index (κ1) is 12.8. The largest absolute Gasteiger partial charge is 0.325 e. The zero-order chi connectivity index (χ0) is 13.2. The molecule has 1 amide bonds. The zero-order valence-corrected chi connectivity index (χ0v) is 12.5. The van der Waals surface area contributed by atoms with E-state index < -0.39 is 0 Å². The molecule has 1 atom stereocenters. The number of carbonyl (C=O) groups excluding carboxylic acids is 1. The van der Waals surface area contributed by atoms with Crippen molar-refractivity contribution in [3.8, 4) is 0 Å². The molecule has 1 unspecified atom stereocenters. The minimum absolute atomic E-state index is 0.0596. The first-order valence-electron chi connectivity index (χ1n) is 6.03. The summed E-state index contributed by atoms with van der Waals surface area (Å²) in [6, 6.07) is 15.8. The first-order chi connectivity index (χ1) is 9.25. The van der Waals surface area contributed by atoms with Crippen molar-refractivity contribution in [3.63, 3.8) is 0 Å². The van der Waals surface area contributed by atoms with Gasteiger partial charge in [0.05, 0.1) is 11.6 Å². The second-order valence-electron chi connectivity index (χ2n) is 4.37. The number of anilines is 1. The van der Waals surface area contributed by atoms with Crippen LogP contribution in [0.4, 0.5) is 5.69 Å². The van der Waals surface area contributed by atoms with Gasteiger partial charge in [-0.1, -0.05) is 30.3 Å². The van der Waals surface area contributed by atoms with Gasteiger partial charge in [0.2, 0.25) is 5.91 Å². The minimum Gasteiger partial charge on any atom is -0.325 e. The summed E-state index contributed by atoms with van der Waals surface area (Å²) in [5, 5.41) is 2.99. The number of hydrogen-bond donors (Lipinski definition) is 1. The van der Waals surface area contributed by atoms with Crippen molar-refractivity contribution in [2.24, 2.45) is 0 Å². The van der Waals surface area contributed by atoms with E-state index in [1.165, 1.54) is 4.90 Å². The van der Waals surface area contributed by atoms with Gasteiger partial charge in [-0.3, -0.25) is 4.79 Å². The summed E-state index contributed by atoms with van der Waals surface area (Å²) >= 11 is 5.19. The molecule has 1 aliphatic rings. The van der Waals surface area contributed by atoms with E-state index in [0.717, 1.165) is 21.5 Å². The summed E-state index contributed by atoms with van der Waals surface area (Å²) in [4.78, 5) is 13.6. The van der Waals surface area contributed by atoms with Crippen LogP contribution in [0.5, 0.6) is 0 Å². The molecular formula is C15H12BrNOS. The molecule has 0 saturated heterocycles. The molecular weight excluding hydrogens is 322 g/mol. The van der Waals surface area contributed by atoms with E-state index >= 15 is 0 Å². The molecule has 0 bridgehead atoms. The lowest BCUT2D eigenvalue weighted by atomic mass is 10.0. The molecule has 19 heavy (non-hydrogen) atoms. The van der Waals surface area contributed by atoms with Gasteiger partial charge >= 0.3 is 0 Å². The highest BCUT2D eigenvalue weighted by Gasteiger charge is 2.29. The highest BCUT2D eigenvalue weighted by atomic mass is 79.9. The third kappa shape index (κ3) is 2.55. The Labute approximate surface area is 124 Å². The summed E-state index contributed by atoms with van der Waals surface area (Å²) < 4.78 is 0.905. The first-order valence-corrected chi connectivity index (χ1v) is 7.80. The van der Waals surface area contributed by atoms with Crippen LogP contribution in [-0.2, 0) is 4.79 Å². The van der Waals surface area contributed by atoms with Crippen molar-refractivity contribution in [2.75, 3.05) is 11.1 Å². The van der Waals surface area contributed by atoms with Crippen molar-refractivity contribution in [1.29, 1.82) is 0 Å². The summed E-state index contributed by atoms with van der Waals surface area (Å²) in [7, 11) is 0. The lowest BCUT2D eigenvalue weighted by Gasteiger charge is -2.12. The standard InChI is InChI=1S/C15H12BrNOS/c16-12-6-2-3-7-13(12)17-15(18)11-9-19-14-8-4-1-5-10(11)14/h1-8,11H,9H2,(H,17,18). The van der Waals surface area contributed by atoms with E-state index in [9.17, 15) is 4.79 Å². The van der Waals surface area contributed by atoms with Crippen LogP contribution in [0.2, 0.25) is 0 Å². The van der Waals surface area contributed by atoms with Gasteiger partial charge in [0, 0.05) is 15.1 Å². The third-order valence-corrected chi connectivity index (χ3v) is 5.02. The number of fused-ring (bicyclic) bond motifs is 1. The Kier molecular flexibility index (Phi) is 3.62. The quantitative estimate of drug-likeness (QED) is 0.888. The predicted molar refractivity (Wildman–Crippen MR) is 82.7 cm³/mol. The maximum atomic E-state index is 12.4. The summed E-state index contributed by atoms with van der Waals surface area (Å²) in [6.45, 7) is 0. The molecule has 2 nitrogen and oxygen atoms in total. The van der Waals surface area contributed by atoms with Gasteiger partial charge in [0.15, 0.2) is 0 Å². The van der Waals surface area contributed by atoms with Crippen molar-refractivity contribution >= 4 is 39.3 Å². The Morgan fingerprint density at radius 1 is 1.16 bits per heavy atom. The van der Waals surface area contributed by atoms with Crippen molar-refractivity contribution in [3.05, 3.63) is 58.6 Å². The Morgan fingerprint density at radius 2 is 1.89 bits per heavy atom. The van der Waals surface area contributed by atoms with Gasteiger partial charge in [-0.2, -0.15) is 0 Å². The molecule has 2 aromatic carbocycles. The third-order valence-electron chi connectivity index (χ3n) is 3.15. The number of rotatable bonds is 2. The van der Waals surface area contributed by atoms with Crippen LogP contribution >= 0.6 is 27.7 Å². The molecule has 0 saturated carbocycles. The molecule has 96 valence electrons. The average molecular weight is 334 g/mol. The lowest BCUT2D eigenvalue weighted by Crippen LogP contribution is -2.21. The smallest absolute Gasteiger partial charge is 0.232 e. The number of hydrogen-bond acceptors (Lipinski definition) is 2. The van der Waals surface area contributed by atoms with Gasteiger partial charge in [0.1, 0.15) is 0 Å². The topological polar surface area (TPSA) is 29.1 Å². The van der Waals surface area contributed by atoms with Crippen molar-refractivity contribution in [1.82, 2.24) is 0 Å². The zero-order valence-electron chi connectivity index (χ0n) is 10.1. The van der Waals surface area contributed by atoms with E-state index in [-0.39, 0.29) is 11.8 Å². The molecule has 2 aromatic rings. The summed E-state index contributed by atoms with van der Waals surface area (Å²) in [6.07, 6.45) is 0. The molecule has 0 fully saturated rings. The number of para-hydroxylation sites is 1. The SMILES string of the molecule is O=C(Nc1ccccc1Br)C1CSc2ccccc21. The molecule has 0 spiro atoms. The Bertz CT molecular complexity index is 629. The highest BCUT2D eigenvalue weighted by molar-refractivity contribution is 9.10. The van der Waals surface area contributed by atoms with Gasteiger partial charge in [0.25, 0.3) is 0 Å². The van der Waals surface area contributed by atoms with Crippen LogP contribution in [0, 0.1) is 0 Å². The summed E-state index contributed by atoms with van der Waals surface area (Å²) in [5.74, 6) is 0.813. The number of amides is 1. The van der Waals surface area contributed by atoms with Crippen LogP contribution in [0.25, 0.3) is 0 Å². The Balaban J connectivity index is 1.81. The Hall–Kier alpha value is -1.26. The lowest BCUT2D eigenvalue weighted by molar-refractivity contribution is -0.117. The number of thioether (sulfide) groups is 1. The van der Waals surface area contributed by atoms with Crippen molar-refractivity contribution in [2.45, 2.75) is 10.8 Å². The molecule has 1 heterocycles. The second kappa shape index (κ2) is 5.39. The fourth-order valence-electron chi connectivity index (χ4n) is 2.16. The Morgan fingerprint density at radius 3 is 2.74 bits per heavy atom. The van der Waals surface area contributed by atoms with Gasteiger partial charge in [-0.15, -0.1) is 11.8 Å². The van der Waals surface area contributed by atoms with Crippen LogP contribution < -0.4 is 5.32 Å². The molecule has 0 aliphatic carbocycles. The predicted octanol–water partition coefficient (Wildman–Crippen LogP) is 4.28. The monoisotopic (exact) mass is 333 g/mol. The highest BCUT2D eigenvalue weighted by Crippen LogP contribution is 2.40. The molecule has 1 aliphatic heterocycles. The number of halogens is 1. The number of carbonyl (C=O) groups is 1. The maximum absolute atomic E-state index is 12.4. The van der Waals surface area contributed by atoms with E-state index in [4.69, 9.17) is 0 Å². The van der Waals surface area contributed by atoms with Crippen LogP contribution in [0.1, 0.15) is 11.5 Å². The van der Waals surface area contributed by atoms with Crippen LogP contribution in [-0.4, -0.2) is 11.7 Å². The molecule has 4 heteroatoms. The maximum Gasteiger partial charge on any atom is 0.232 e. The summed E-state index contributed by atoms with van der Waals surface area (Å²) in [5.41, 5.74) is 1.96.